The molecule has 0 aliphatic heterocycles. The SMILES string of the molecule is COc1cc([N+](=O)[O-])ccc1-c1ocnc1C. The van der Waals surface area contributed by atoms with Crippen LogP contribution in [-0.4, -0.2) is 17.0 Å². The summed E-state index contributed by atoms with van der Waals surface area (Å²) in [6, 6.07) is 4.35. The third kappa shape index (κ3) is 1.96. The Morgan fingerprint density at radius 3 is 2.76 bits per heavy atom. The number of nitro groups is 1. The van der Waals surface area contributed by atoms with E-state index in [0.717, 1.165) is 0 Å². The van der Waals surface area contributed by atoms with Gasteiger partial charge in [0.05, 0.1) is 29.4 Å². The van der Waals surface area contributed by atoms with Crippen molar-refractivity contribution in [3.05, 3.63) is 40.4 Å². The topological polar surface area (TPSA) is 78.4 Å². The summed E-state index contributed by atoms with van der Waals surface area (Å²) in [6.07, 6.45) is 1.32. The fraction of sp³-hybridized carbons (Fsp3) is 0.182. The first-order chi connectivity index (χ1) is 8.13. The predicted molar refractivity (Wildman–Crippen MR) is 59.9 cm³/mol. The maximum atomic E-state index is 10.6. The molecule has 2 rings (SSSR count). The van der Waals surface area contributed by atoms with Crippen molar-refractivity contribution in [3.63, 3.8) is 0 Å². The number of rotatable bonds is 3. The number of nitrogens with zero attached hydrogens (tertiary/aromatic N) is 2. The molecule has 0 amide bonds. The highest BCUT2D eigenvalue weighted by Crippen LogP contribution is 2.34. The predicted octanol–water partition coefficient (Wildman–Crippen LogP) is 2.57. The van der Waals surface area contributed by atoms with Crippen LogP contribution >= 0.6 is 0 Å². The summed E-state index contributed by atoms with van der Waals surface area (Å²) >= 11 is 0. The van der Waals surface area contributed by atoms with Gasteiger partial charge < -0.3 is 9.15 Å². The van der Waals surface area contributed by atoms with Gasteiger partial charge in [-0.25, -0.2) is 4.98 Å². The van der Waals surface area contributed by atoms with Gasteiger partial charge in [0.1, 0.15) is 5.75 Å². The quantitative estimate of drug-likeness (QED) is 0.602. The minimum Gasteiger partial charge on any atom is -0.496 e. The van der Waals surface area contributed by atoms with Crippen LogP contribution < -0.4 is 4.74 Å². The van der Waals surface area contributed by atoms with Crippen LogP contribution in [0.5, 0.6) is 5.75 Å². The maximum absolute atomic E-state index is 10.6. The van der Waals surface area contributed by atoms with Crippen molar-refractivity contribution in [2.24, 2.45) is 0 Å². The van der Waals surface area contributed by atoms with Gasteiger partial charge in [0.25, 0.3) is 5.69 Å². The molecule has 1 aromatic carbocycles. The van der Waals surface area contributed by atoms with Crippen molar-refractivity contribution in [1.82, 2.24) is 4.98 Å². The van der Waals surface area contributed by atoms with E-state index < -0.39 is 4.92 Å². The molecule has 0 saturated carbocycles. The summed E-state index contributed by atoms with van der Waals surface area (Å²) in [4.78, 5) is 14.1. The molecule has 17 heavy (non-hydrogen) atoms. The molecule has 0 bridgehead atoms. The molecule has 0 aliphatic carbocycles. The summed E-state index contributed by atoms with van der Waals surface area (Å²) in [5.41, 5.74) is 1.33. The minimum atomic E-state index is -0.473. The standard InChI is InChI=1S/C11H10N2O4/c1-7-11(17-6-12-7)9-4-3-8(13(14)15)5-10(9)16-2/h3-6H,1-2H3. The number of aryl methyl sites for hydroxylation is 1. The van der Waals surface area contributed by atoms with Crippen molar-refractivity contribution in [1.29, 1.82) is 0 Å². The zero-order valence-corrected chi connectivity index (χ0v) is 9.34. The lowest BCUT2D eigenvalue weighted by molar-refractivity contribution is -0.384. The van der Waals surface area contributed by atoms with Gasteiger partial charge in [0, 0.05) is 6.07 Å². The molecule has 0 fully saturated rings. The van der Waals surface area contributed by atoms with Crippen LogP contribution in [0.3, 0.4) is 0 Å². The summed E-state index contributed by atoms with van der Waals surface area (Å²) in [6.45, 7) is 1.79. The Labute approximate surface area is 97.0 Å². The zero-order valence-electron chi connectivity index (χ0n) is 9.34. The van der Waals surface area contributed by atoms with E-state index in [9.17, 15) is 10.1 Å². The second-order valence-corrected chi connectivity index (χ2v) is 3.41. The van der Waals surface area contributed by atoms with E-state index in [1.165, 1.54) is 25.6 Å². The molecular weight excluding hydrogens is 224 g/mol. The fourth-order valence-corrected chi connectivity index (χ4v) is 1.54. The molecule has 0 radical (unpaired) electrons. The van der Waals surface area contributed by atoms with E-state index in [1.54, 1.807) is 13.0 Å². The van der Waals surface area contributed by atoms with Gasteiger partial charge in [-0.05, 0) is 13.0 Å². The first kappa shape index (κ1) is 11.1. The Hall–Kier alpha value is -2.37. The largest absolute Gasteiger partial charge is 0.496 e. The Bertz CT molecular complexity index is 562. The van der Waals surface area contributed by atoms with Gasteiger partial charge in [-0.1, -0.05) is 0 Å². The highest BCUT2D eigenvalue weighted by molar-refractivity contribution is 5.69. The molecular formula is C11H10N2O4. The van der Waals surface area contributed by atoms with E-state index in [-0.39, 0.29) is 5.69 Å². The van der Waals surface area contributed by atoms with Crippen molar-refractivity contribution in [2.45, 2.75) is 6.92 Å². The number of oxazole rings is 1. The van der Waals surface area contributed by atoms with Crippen molar-refractivity contribution in [3.8, 4) is 17.1 Å². The molecule has 6 nitrogen and oxygen atoms in total. The van der Waals surface area contributed by atoms with Crippen LogP contribution in [0.25, 0.3) is 11.3 Å². The van der Waals surface area contributed by atoms with E-state index in [0.29, 0.717) is 22.8 Å². The molecule has 1 aromatic heterocycles. The number of aromatic nitrogens is 1. The van der Waals surface area contributed by atoms with Crippen molar-refractivity contribution in [2.75, 3.05) is 7.11 Å². The third-order valence-electron chi connectivity index (χ3n) is 2.39. The maximum Gasteiger partial charge on any atom is 0.273 e. The van der Waals surface area contributed by atoms with Crippen LogP contribution in [0.2, 0.25) is 0 Å². The summed E-state index contributed by atoms with van der Waals surface area (Å²) in [5, 5.41) is 10.6. The smallest absolute Gasteiger partial charge is 0.273 e. The van der Waals surface area contributed by atoms with Gasteiger partial charge in [0.2, 0.25) is 0 Å². The molecule has 1 heterocycles. The molecule has 0 saturated heterocycles. The van der Waals surface area contributed by atoms with Gasteiger partial charge >= 0.3 is 0 Å². The zero-order chi connectivity index (χ0) is 12.4. The molecule has 0 N–H and O–H groups in total. The Kier molecular flexibility index (Phi) is 2.78. The van der Waals surface area contributed by atoms with Gasteiger partial charge in [-0.15, -0.1) is 0 Å². The Morgan fingerprint density at radius 2 is 2.24 bits per heavy atom. The number of ether oxygens (including phenoxy) is 1. The summed E-state index contributed by atoms with van der Waals surface area (Å²) in [7, 11) is 1.45. The molecule has 0 atom stereocenters. The lowest BCUT2D eigenvalue weighted by Gasteiger charge is -2.06. The lowest BCUT2D eigenvalue weighted by Crippen LogP contribution is -1.92. The monoisotopic (exact) mass is 234 g/mol. The van der Waals surface area contributed by atoms with Gasteiger partial charge in [0.15, 0.2) is 12.2 Å². The van der Waals surface area contributed by atoms with Crippen LogP contribution in [0.1, 0.15) is 5.69 Å². The van der Waals surface area contributed by atoms with Crippen molar-refractivity contribution >= 4 is 5.69 Å². The lowest BCUT2D eigenvalue weighted by atomic mass is 10.1. The molecule has 0 spiro atoms. The van der Waals surface area contributed by atoms with Crippen LogP contribution in [-0.2, 0) is 0 Å². The molecule has 88 valence electrons. The third-order valence-corrected chi connectivity index (χ3v) is 2.39. The van der Waals surface area contributed by atoms with Gasteiger partial charge in [-0.3, -0.25) is 10.1 Å². The second kappa shape index (κ2) is 4.25. The van der Waals surface area contributed by atoms with Crippen LogP contribution in [0, 0.1) is 17.0 Å². The highest BCUT2D eigenvalue weighted by Gasteiger charge is 2.16. The van der Waals surface area contributed by atoms with Crippen molar-refractivity contribution < 1.29 is 14.1 Å². The average Bonchev–Trinajstić information content (AvgIpc) is 2.74. The van der Waals surface area contributed by atoms with Gasteiger partial charge in [-0.2, -0.15) is 0 Å². The Morgan fingerprint density at radius 1 is 1.47 bits per heavy atom. The second-order valence-electron chi connectivity index (χ2n) is 3.41. The van der Waals surface area contributed by atoms with E-state index >= 15 is 0 Å². The first-order valence-corrected chi connectivity index (χ1v) is 4.86. The molecule has 0 aliphatic rings. The van der Waals surface area contributed by atoms with E-state index in [1.807, 2.05) is 0 Å². The molecule has 6 heteroatoms. The average molecular weight is 234 g/mol. The van der Waals surface area contributed by atoms with Crippen LogP contribution in [0.4, 0.5) is 5.69 Å². The normalized spacial score (nSPS) is 10.2. The van der Waals surface area contributed by atoms with E-state index in [2.05, 4.69) is 4.98 Å². The number of benzene rings is 1. The molecule has 0 unspecified atom stereocenters. The highest BCUT2D eigenvalue weighted by atomic mass is 16.6. The summed E-state index contributed by atoms with van der Waals surface area (Å²) in [5.74, 6) is 0.941. The molecule has 2 aromatic rings. The summed E-state index contributed by atoms with van der Waals surface area (Å²) < 4.78 is 10.4. The fourth-order valence-electron chi connectivity index (χ4n) is 1.54. The number of non-ortho nitro benzene ring substituents is 1. The van der Waals surface area contributed by atoms with E-state index in [4.69, 9.17) is 9.15 Å². The number of nitro benzene ring substituents is 1. The number of hydrogen-bond acceptors (Lipinski definition) is 5. The minimum absolute atomic E-state index is 0.0252. The number of hydrogen-bond donors (Lipinski definition) is 0. The van der Waals surface area contributed by atoms with Crippen LogP contribution in [0.15, 0.2) is 29.0 Å². The number of methoxy groups -OCH3 is 1. The Balaban J connectivity index is 2.56. The first-order valence-electron chi connectivity index (χ1n) is 4.86.